The van der Waals surface area contributed by atoms with E-state index in [-0.39, 0.29) is 28.6 Å². The van der Waals surface area contributed by atoms with Gasteiger partial charge in [0.05, 0.1) is 4.24 Å². The maximum absolute atomic E-state index is 12.9. The summed E-state index contributed by atoms with van der Waals surface area (Å²) in [6.07, 6.45) is -9.65. The van der Waals surface area contributed by atoms with Gasteiger partial charge in [-0.25, -0.2) is 0 Å². The number of alkyl halides is 6. The molecular weight excluding hydrogens is 566 g/mol. The van der Waals surface area contributed by atoms with E-state index in [2.05, 4.69) is 14.8 Å². The van der Waals surface area contributed by atoms with Crippen molar-refractivity contribution in [3.63, 3.8) is 0 Å². The number of hydrogen-bond donors (Lipinski definition) is 1. The Hall–Kier alpha value is -3.76. The Morgan fingerprint density at radius 1 is 0.744 bits per heavy atom. The number of carbonyl (C=O) groups is 1. The molecule has 0 radical (unpaired) electrons. The van der Waals surface area contributed by atoms with E-state index in [1.54, 1.807) is 30.3 Å². The van der Waals surface area contributed by atoms with E-state index in [1.165, 1.54) is 24.3 Å². The van der Waals surface area contributed by atoms with Crippen LogP contribution in [0.4, 0.5) is 32.0 Å². The fourth-order valence-electron chi connectivity index (χ4n) is 2.96. The summed E-state index contributed by atoms with van der Waals surface area (Å²) in [5.74, 6) is -1.03. The van der Waals surface area contributed by atoms with Gasteiger partial charge in [-0.1, -0.05) is 42.5 Å². The minimum atomic E-state index is -4.83. The molecule has 0 saturated heterocycles. The van der Waals surface area contributed by atoms with E-state index < -0.39 is 18.6 Å². The van der Waals surface area contributed by atoms with E-state index in [9.17, 15) is 36.4 Å². The van der Waals surface area contributed by atoms with Crippen molar-refractivity contribution in [1.29, 1.82) is 5.26 Å². The molecule has 204 valence electrons. The van der Waals surface area contributed by atoms with Gasteiger partial charge in [-0.2, -0.15) is 5.26 Å². The first-order valence-corrected chi connectivity index (χ1v) is 12.8. The summed E-state index contributed by atoms with van der Waals surface area (Å²) in [6.45, 7) is 0. The molecule has 3 aromatic rings. The predicted molar refractivity (Wildman–Crippen MR) is 137 cm³/mol. The summed E-state index contributed by atoms with van der Waals surface area (Å²) in [5.41, 5.74) is 1.47. The van der Waals surface area contributed by atoms with E-state index in [0.717, 1.165) is 47.8 Å². The number of carbonyl (C=O) groups excluding carboxylic acids is 1. The smallest absolute Gasteiger partial charge is 0.406 e. The minimum Gasteiger partial charge on any atom is -0.406 e. The van der Waals surface area contributed by atoms with Gasteiger partial charge in [0, 0.05) is 17.2 Å². The standard InChI is InChI=1S/C26H18F6N2O3S2/c27-25(28,29)36-20-10-6-17(7-11-20)15-38-24(22(14-33)23(35)34-19-4-2-1-3-5-19)39-16-18-8-12-21(13-9-18)37-26(30,31)32/h1-13H,15-16H2,(H,34,35). The van der Waals surface area contributed by atoms with Crippen molar-refractivity contribution < 1.29 is 40.6 Å². The third kappa shape index (κ3) is 10.5. The molecule has 0 atom stereocenters. The zero-order chi connectivity index (χ0) is 28.5. The van der Waals surface area contributed by atoms with Crippen molar-refractivity contribution in [2.45, 2.75) is 24.2 Å². The van der Waals surface area contributed by atoms with E-state index in [1.807, 2.05) is 6.07 Å². The summed E-state index contributed by atoms with van der Waals surface area (Å²) in [5, 5.41) is 12.4. The monoisotopic (exact) mass is 584 g/mol. The summed E-state index contributed by atoms with van der Waals surface area (Å²) in [4.78, 5) is 12.9. The number of nitrogens with one attached hydrogen (secondary N) is 1. The van der Waals surface area contributed by atoms with Crippen LogP contribution in [0.25, 0.3) is 0 Å². The van der Waals surface area contributed by atoms with Gasteiger partial charge < -0.3 is 14.8 Å². The van der Waals surface area contributed by atoms with Crippen LogP contribution >= 0.6 is 23.5 Å². The fraction of sp³-hybridized carbons (Fsp3) is 0.154. The highest BCUT2D eigenvalue weighted by molar-refractivity contribution is 8.21. The number of hydrogen-bond acceptors (Lipinski definition) is 6. The van der Waals surface area contributed by atoms with Gasteiger partial charge in [-0.15, -0.1) is 49.9 Å². The maximum atomic E-state index is 12.9. The molecule has 0 aliphatic rings. The van der Waals surface area contributed by atoms with Gasteiger partial charge in [0.1, 0.15) is 23.1 Å². The lowest BCUT2D eigenvalue weighted by Crippen LogP contribution is -2.17. The Morgan fingerprint density at radius 2 is 1.18 bits per heavy atom. The van der Waals surface area contributed by atoms with Gasteiger partial charge in [0.25, 0.3) is 5.91 Å². The van der Waals surface area contributed by atoms with Crippen LogP contribution in [0.15, 0.2) is 88.7 Å². The molecule has 39 heavy (non-hydrogen) atoms. The highest BCUT2D eigenvalue weighted by Gasteiger charge is 2.31. The third-order valence-corrected chi connectivity index (χ3v) is 7.22. The number of benzene rings is 3. The number of anilines is 1. The summed E-state index contributed by atoms with van der Waals surface area (Å²) in [7, 11) is 0. The van der Waals surface area contributed by atoms with Crippen LogP contribution < -0.4 is 14.8 Å². The maximum Gasteiger partial charge on any atom is 0.573 e. The van der Waals surface area contributed by atoms with Gasteiger partial charge in [0.15, 0.2) is 0 Å². The number of nitrogens with zero attached hydrogens (tertiary/aromatic N) is 1. The topological polar surface area (TPSA) is 71.4 Å². The van der Waals surface area contributed by atoms with E-state index >= 15 is 0 Å². The zero-order valence-corrected chi connectivity index (χ0v) is 21.3. The Bertz CT molecular complexity index is 1260. The van der Waals surface area contributed by atoms with Crippen molar-refractivity contribution in [3.8, 4) is 17.6 Å². The number of nitriles is 1. The van der Waals surface area contributed by atoms with Crippen LogP contribution in [0.1, 0.15) is 11.1 Å². The second-order valence-electron chi connectivity index (χ2n) is 7.56. The van der Waals surface area contributed by atoms with E-state index in [0.29, 0.717) is 21.1 Å². The molecule has 0 aliphatic heterocycles. The molecule has 13 heteroatoms. The number of rotatable bonds is 10. The van der Waals surface area contributed by atoms with Crippen molar-refractivity contribution >= 4 is 35.1 Å². The second kappa shape index (κ2) is 13.3. The summed E-state index contributed by atoms with van der Waals surface area (Å²) in [6, 6.07) is 20.6. The first-order valence-electron chi connectivity index (χ1n) is 10.9. The largest absolute Gasteiger partial charge is 0.573 e. The molecule has 0 saturated carbocycles. The Kier molecular flexibility index (Phi) is 10.2. The Morgan fingerprint density at radius 3 is 1.56 bits per heavy atom. The van der Waals surface area contributed by atoms with Crippen LogP contribution in [-0.2, 0) is 16.3 Å². The molecule has 0 fully saturated rings. The van der Waals surface area contributed by atoms with Crippen molar-refractivity contribution in [2.75, 3.05) is 5.32 Å². The Labute approximate surface area is 227 Å². The number of amides is 1. The van der Waals surface area contributed by atoms with Crippen molar-refractivity contribution in [2.24, 2.45) is 0 Å². The van der Waals surface area contributed by atoms with Gasteiger partial charge in [-0.3, -0.25) is 4.79 Å². The average Bonchev–Trinajstić information content (AvgIpc) is 2.86. The van der Waals surface area contributed by atoms with Crippen LogP contribution in [0.5, 0.6) is 11.5 Å². The lowest BCUT2D eigenvalue weighted by Gasteiger charge is -2.13. The number of ether oxygens (including phenoxy) is 2. The van der Waals surface area contributed by atoms with Gasteiger partial charge >= 0.3 is 12.7 Å². The zero-order valence-electron chi connectivity index (χ0n) is 19.7. The highest BCUT2D eigenvalue weighted by Crippen LogP contribution is 2.37. The molecule has 0 spiro atoms. The van der Waals surface area contributed by atoms with Crippen LogP contribution in [0.3, 0.4) is 0 Å². The normalized spacial score (nSPS) is 11.3. The molecular formula is C26H18F6N2O3S2. The SMILES string of the molecule is N#CC(C(=O)Nc1ccccc1)=C(SCc1ccc(OC(F)(F)F)cc1)SCc1ccc(OC(F)(F)F)cc1. The summed E-state index contributed by atoms with van der Waals surface area (Å²) < 4.78 is 82.5. The molecule has 0 bridgehead atoms. The quantitative estimate of drug-likeness (QED) is 0.148. The molecule has 5 nitrogen and oxygen atoms in total. The first kappa shape index (κ1) is 29.8. The number of halogens is 6. The van der Waals surface area contributed by atoms with E-state index in [4.69, 9.17) is 0 Å². The average molecular weight is 585 g/mol. The van der Waals surface area contributed by atoms with Crippen LogP contribution in [0.2, 0.25) is 0 Å². The molecule has 3 rings (SSSR count). The van der Waals surface area contributed by atoms with Crippen molar-refractivity contribution in [1.82, 2.24) is 0 Å². The third-order valence-electron chi connectivity index (χ3n) is 4.63. The fourth-order valence-corrected chi connectivity index (χ4v) is 5.20. The molecule has 0 heterocycles. The van der Waals surface area contributed by atoms with Gasteiger partial charge in [0.2, 0.25) is 0 Å². The van der Waals surface area contributed by atoms with Crippen molar-refractivity contribution in [3.05, 3.63) is 99.8 Å². The number of para-hydroxylation sites is 1. The lowest BCUT2D eigenvalue weighted by atomic mass is 10.2. The molecule has 0 unspecified atom stereocenters. The molecule has 1 N–H and O–H groups in total. The van der Waals surface area contributed by atoms with Gasteiger partial charge in [-0.05, 0) is 47.5 Å². The number of thioether (sulfide) groups is 2. The minimum absolute atomic E-state index is 0.192. The lowest BCUT2D eigenvalue weighted by molar-refractivity contribution is -0.275. The predicted octanol–water partition coefficient (Wildman–Crippen LogP) is 8.02. The molecule has 3 aromatic carbocycles. The second-order valence-corrected chi connectivity index (χ2v) is 9.78. The summed E-state index contributed by atoms with van der Waals surface area (Å²) >= 11 is 2.24. The Balaban J connectivity index is 1.78. The molecule has 0 aromatic heterocycles. The molecule has 1 amide bonds. The first-order chi connectivity index (χ1) is 18.4. The van der Waals surface area contributed by atoms with Crippen LogP contribution in [0, 0.1) is 11.3 Å². The highest BCUT2D eigenvalue weighted by atomic mass is 32.2. The van der Waals surface area contributed by atoms with Crippen LogP contribution in [-0.4, -0.2) is 18.6 Å². The molecule has 0 aliphatic carbocycles.